The molecule has 9 nitrogen and oxygen atoms in total. The lowest BCUT2D eigenvalue weighted by molar-refractivity contribution is -0.174. The second kappa shape index (κ2) is 9.61. The topological polar surface area (TPSA) is 84.9 Å². The van der Waals surface area contributed by atoms with Crippen LogP contribution in [0.5, 0.6) is 34.5 Å². The minimum atomic E-state index is -0.950. The van der Waals surface area contributed by atoms with Crippen molar-refractivity contribution in [2.45, 2.75) is 38.3 Å². The molecule has 2 aromatic rings. The quantitative estimate of drug-likeness (QED) is 0.526. The molecule has 5 rings (SSSR count). The Morgan fingerprint density at radius 1 is 0.972 bits per heavy atom. The van der Waals surface area contributed by atoms with Crippen molar-refractivity contribution in [1.82, 2.24) is 4.90 Å². The highest BCUT2D eigenvalue weighted by molar-refractivity contribution is 5.78. The molecule has 1 saturated heterocycles. The number of fused-ring (bicyclic) bond motifs is 2. The number of carbonyl (C=O) groups is 1. The molecule has 0 spiro atoms. The van der Waals surface area contributed by atoms with E-state index in [0.29, 0.717) is 34.5 Å². The summed E-state index contributed by atoms with van der Waals surface area (Å²) in [7, 11) is 4.72. The number of hydrogen-bond donors (Lipinski definition) is 0. The third kappa shape index (κ3) is 3.86. The van der Waals surface area contributed by atoms with Crippen LogP contribution < -0.4 is 28.4 Å². The number of ether oxygens (including phenoxy) is 7. The van der Waals surface area contributed by atoms with Crippen LogP contribution >= 0.6 is 0 Å². The zero-order chi connectivity index (χ0) is 25.4. The van der Waals surface area contributed by atoms with Gasteiger partial charge in [0.05, 0.1) is 27.9 Å². The molecule has 3 aliphatic rings. The highest BCUT2D eigenvalue weighted by Crippen LogP contribution is 2.55. The fourth-order valence-electron chi connectivity index (χ4n) is 5.71. The molecule has 194 valence electrons. The van der Waals surface area contributed by atoms with Crippen molar-refractivity contribution in [3.63, 3.8) is 0 Å². The van der Waals surface area contributed by atoms with Crippen LogP contribution in [0.15, 0.2) is 24.3 Å². The predicted molar refractivity (Wildman–Crippen MR) is 130 cm³/mol. The lowest BCUT2D eigenvalue weighted by Gasteiger charge is -2.49. The first kappa shape index (κ1) is 24.4. The fourth-order valence-corrected chi connectivity index (χ4v) is 5.71. The first-order valence-electron chi connectivity index (χ1n) is 12.3. The maximum Gasteiger partial charge on any atom is 0.315 e. The molecule has 3 aliphatic heterocycles. The lowest BCUT2D eigenvalue weighted by atomic mass is 9.72. The van der Waals surface area contributed by atoms with Crippen LogP contribution in [0, 0.1) is 5.92 Å². The summed E-state index contributed by atoms with van der Waals surface area (Å²) in [5, 5.41) is 0. The lowest BCUT2D eigenvalue weighted by Crippen LogP contribution is -2.61. The van der Waals surface area contributed by atoms with Gasteiger partial charge in [-0.2, -0.15) is 0 Å². The van der Waals surface area contributed by atoms with Crippen molar-refractivity contribution in [3.05, 3.63) is 35.4 Å². The van der Waals surface area contributed by atoms with Gasteiger partial charge in [0.15, 0.2) is 28.7 Å². The van der Waals surface area contributed by atoms with Crippen LogP contribution in [0.3, 0.4) is 0 Å². The Labute approximate surface area is 211 Å². The van der Waals surface area contributed by atoms with Crippen molar-refractivity contribution in [2.75, 3.05) is 47.8 Å². The Bertz CT molecular complexity index is 1120. The number of benzene rings is 2. The highest BCUT2D eigenvalue weighted by atomic mass is 16.7. The van der Waals surface area contributed by atoms with E-state index >= 15 is 0 Å². The second-order valence-corrected chi connectivity index (χ2v) is 9.26. The number of rotatable bonds is 7. The van der Waals surface area contributed by atoms with Crippen molar-refractivity contribution in [3.8, 4) is 34.5 Å². The predicted octanol–water partition coefficient (Wildman–Crippen LogP) is 3.96. The smallest absolute Gasteiger partial charge is 0.315 e. The number of hydrogen-bond acceptors (Lipinski definition) is 9. The molecule has 36 heavy (non-hydrogen) atoms. The van der Waals surface area contributed by atoms with Gasteiger partial charge in [-0.25, -0.2) is 0 Å². The monoisotopic (exact) mass is 499 g/mol. The summed E-state index contributed by atoms with van der Waals surface area (Å²) in [6.45, 7) is 5.86. The molecule has 0 bridgehead atoms. The van der Waals surface area contributed by atoms with Gasteiger partial charge >= 0.3 is 5.97 Å². The van der Waals surface area contributed by atoms with Gasteiger partial charge in [-0.1, -0.05) is 0 Å². The van der Waals surface area contributed by atoms with E-state index in [1.54, 1.807) is 21.3 Å². The van der Waals surface area contributed by atoms with E-state index in [9.17, 15) is 4.79 Å². The molecule has 0 aromatic heterocycles. The molecule has 0 radical (unpaired) electrons. The largest absolute Gasteiger partial charge is 0.493 e. The standard InChI is InChI=1S/C27H33NO8/c1-6-33-26(29)24-23(16-11-21(30-3)25(32-5)22(12-16)31-4)17-13-19-20(35-15-34-19)14-18(17)36-27(24,2)28-9-7-8-10-28/h11-14,23-24H,6-10,15H2,1-5H3/t23-,24-,27-/m0/s1. The molecule has 0 amide bonds. The van der Waals surface area contributed by atoms with Crippen molar-refractivity contribution in [1.29, 1.82) is 0 Å². The molecular weight excluding hydrogens is 466 g/mol. The Kier molecular flexibility index (Phi) is 6.51. The van der Waals surface area contributed by atoms with Gasteiger partial charge in [-0.15, -0.1) is 0 Å². The van der Waals surface area contributed by atoms with Crippen LogP contribution in [0.4, 0.5) is 0 Å². The van der Waals surface area contributed by atoms with Gasteiger partial charge in [0.1, 0.15) is 11.7 Å². The molecule has 0 N–H and O–H groups in total. The molecular formula is C27H33NO8. The van der Waals surface area contributed by atoms with Gasteiger partial charge in [-0.3, -0.25) is 9.69 Å². The third-order valence-corrected chi connectivity index (χ3v) is 7.39. The maximum absolute atomic E-state index is 13.8. The summed E-state index contributed by atoms with van der Waals surface area (Å²) in [5.41, 5.74) is 0.675. The van der Waals surface area contributed by atoms with E-state index in [-0.39, 0.29) is 19.4 Å². The van der Waals surface area contributed by atoms with Gasteiger partial charge in [0.2, 0.25) is 12.5 Å². The summed E-state index contributed by atoms with van der Waals surface area (Å²) in [6, 6.07) is 7.55. The van der Waals surface area contributed by atoms with Crippen LogP contribution in [0.1, 0.15) is 43.7 Å². The van der Waals surface area contributed by atoms with Gasteiger partial charge in [0.25, 0.3) is 0 Å². The molecule has 3 atom stereocenters. The Morgan fingerprint density at radius 2 is 1.61 bits per heavy atom. The van der Waals surface area contributed by atoms with E-state index in [1.807, 2.05) is 38.1 Å². The summed E-state index contributed by atoms with van der Waals surface area (Å²) < 4.78 is 40.6. The first-order valence-corrected chi connectivity index (χ1v) is 12.3. The molecule has 9 heteroatoms. The summed E-state index contributed by atoms with van der Waals surface area (Å²) in [5.74, 6) is 1.93. The molecule has 2 aromatic carbocycles. The van der Waals surface area contributed by atoms with E-state index in [4.69, 9.17) is 33.2 Å². The number of esters is 1. The van der Waals surface area contributed by atoms with Crippen molar-refractivity contribution >= 4 is 5.97 Å². The van der Waals surface area contributed by atoms with E-state index in [1.165, 1.54) is 0 Å². The summed E-state index contributed by atoms with van der Waals surface area (Å²) in [4.78, 5) is 16.0. The Morgan fingerprint density at radius 3 is 2.19 bits per heavy atom. The van der Waals surface area contributed by atoms with Crippen molar-refractivity contribution < 1.29 is 38.0 Å². The summed E-state index contributed by atoms with van der Waals surface area (Å²) >= 11 is 0. The second-order valence-electron chi connectivity index (χ2n) is 9.26. The van der Waals surface area contributed by atoms with Crippen LogP contribution in [0.2, 0.25) is 0 Å². The third-order valence-electron chi connectivity index (χ3n) is 7.39. The zero-order valence-corrected chi connectivity index (χ0v) is 21.4. The van der Waals surface area contributed by atoms with Crippen LogP contribution in [-0.2, 0) is 9.53 Å². The fraction of sp³-hybridized carbons (Fsp3) is 0.519. The van der Waals surface area contributed by atoms with Gasteiger partial charge in [-0.05, 0) is 50.5 Å². The number of likely N-dealkylation sites (tertiary alicyclic amines) is 1. The molecule has 0 saturated carbocycles. The number of nitrogens with zero attached hydrogens (tertiary/aromatic N) is 1. The average Bonchev–Trinajstić information content (AvgIpc) is 3.58. The molecule has 1 fully saturated rings. The Hall–Kier alpha value is -3.33. The SMILES string of the molecule is CCOC(=O)[C@@H]1[C@@H](c2cc(OC)c(OC)c(OC)c2)c2cc3c(cc2O[C@]1(C)N1CCCC1)OCO3. The van der Waals surface area contributed by atoms with Crippen molar-refractivity contribution in [2.24, 2.45) is 5.92 Å². The van der Waals surface area contributed by atoms with Crippen LogP contribution in [0.25, 0.3) is 0 Å². The molecule has 0 unspecified atom stereocenters. The summed E-state index contributed by atoms with van der Waals surface area (Å²) in [6.07, 6.45) is 2.08. The van der Waals surface area contributed by atoms with E-state index in [0.717, 1.165) is 37.1 Å². The Balaban J connectivity index is 1.77. The van der Waals surface area contributed by atoms with E-state index < -0.39 is 17.6 Å². The first-order chi connectivity index (χ1) is 17.4. The number of methoxy groups -OCH3 is 3. The van der Waals surface area contributed by atoms with Crippen LogP contribution in [-0.4, -0.2) is 64.4 Å². The number of carbonyl (C=O) groups excluding carboxylic acids is 1. The molecule has 3 heterocycles. The normalized spacial score (nSPS) is 24.6. The zero-order valence-electron chi connectivity index (χ0n) is 21.4. The van der Waals surface area contributed by atoms with Gasteiger partial charge < -0.3 is 33.2 Å². The minimum absolute atomic E-state index is 0.137. The minimum Gasteiger partial charge on any atom is -0.493 e. The highest BCUT2D eigenvalue weighted by Gasteiger charge is 2.56. The average molecular weight is 500 g/mol. The molecule has 0 aliphatic carbocycles. The maximum atomic E-state index is 13.8. The van der Waals surface area contributed by atoms with Gasteiger partial charge in [0, 0.05) is 30.6 Å². The van der Waals surface area contributed by atoms with E-state index in [2.05, 4.69) is 4.90 Å².